The van der Waals surface area contributed by atoms with E-state index >= 15 is 0 Å². The highest BCUT2D eigenvalue weighted by Crippen LogP contribution is 2.07. The normalized spacial score (nSPS) is 7.92. The minimum absolute atomic E-state index is 0.485. The van der Waals surface area contributed by atoms with E-state index in [1.54, 1.807) is 6.20 Å². The molecule has 0 N–H and O–H groups in total. The first-order chi connectivity index (χ1) is 6.30. The summed E-state index contributed by atoms with van der Waals surface area (Å²) in [5.74, 6) is 0.485. The van der Waals surface area contributed by atoms with Crippen LogP contribution in [0.3, 0.4) is 0 Å². The van der Waals surface area contributed by atoms with Gasteiger partial charge in [0, 0.05) is 6.20 Å². The summed E-state index contributed by atoms with van der Waals surface area (Å²) in [4.78, 5) is 0. The molecular formula is C11H22N2. The topological polar surface area (TPSA) is 25.8 Å². The molecule has 0 amide bonds. The fourth-order valence-electron chi connectivity index (χ4n) is 0.621. The average molecular weight is 182 g/mol. The first-order valence-electron chi connectivity index (χ1n) is 5.08. The maximum Gasteiger partial charge on any atom is 0.0656 e. The van der Waals surface area contributed by atoms with Crippen LogP contribution in [0.25, 0.3) is 0 Å². The Kier molecular flexibility index (Phi) is 12.4. The smallest absolute Gasteiger partial charge is 0.0656 e. The van der Waals surface area contributed by atoms with E-state index in [1.165, 1.54) is 0 Å². The highest BCUT2D eigenvalue weighted by Gasteiger charge is 1.96. The predicted octanol–water partition coefficient (Wildman–Crippen LogP) is 3.65. The molecule has 1 aromatic heterocycles. The van der Waals surface area contributed by atoms with Gasteiger partial charge in [-0.2, -0.15) is 10.2 Å². The van der Waals surface area contributed by atoms with Crippen molar-refractivity contribution in [2.24, 2.45) is 0 Å². The van der Waals surface area contributed by atoms with E-state index in [-0.39, 0.29) is 0 Å². The molecule has 0 radical (unpaired) electrons. The van der Waals surface area contributed by atoms with Crippen molar-refractivity contribution in [3.05, 3.63) is 24.0 Å². The third-order valence-corrected chi connectivity index (χ3v) is 1.18. The van der Waals surface area contributed by atoms with Crippen LogP contribution in [0.1, 0.15) is 53.2 Å². The van der Waals surface area contributed by atoms with Crippen LogP contribution in [0.2, 0.25) is 0 Å². The second-order valence-electron chi connectivity index (χ2n) is 2.30. The predicted molar refractivity (Wildman–Crippen MR) is 58.8 cm³/mol. The lowest BCUT2D eigenvalue weighted by molar-refractivity contribution is 0.785. The van der Waals surface area contributed by atoms with Gasteiger partial charge in [-0.3, -0.25) is 0 Å². The molecule has 0 aliphatic heterocycles. The van der Waals surface area contributed by atoms with Crippen LogP contribution in [0.4, 0.5) is 0 Å². The van der Waals surface area contributed by atoms with Gasteiger partial charge in [0.25, 0.3) is 0 Å². The van der Waals surface area contributed by atoms with Crippen molar-refractivity contribution >= 4 is 0 Å². The van der Waals surface area contributed by atoms with Gasteiger partial charge in [-0.15, -0.1) is 0 Å². The van der Waals surface area contributed by atoms with Crippen LogP contribution in [0, 0.1) is 0 Å². The second-order valence-corrected chi connectivity index (χ2v) is 2.30. The molecule has 0 unspecified atom stereocenters. The number of aromatic nitrogens is 2. The van der Waals surface area contributed by atoms with Crippen molar-refractivity contribution in [2.45, 2.75) is 47.5 Å². The van der Waals surface area contributed by atoms with E-state index in [2.05, 4.69) is 24.0 Å². The van der Waals surface area contributed by atoms with Crippen molar-refractivity contribution in [1.82, 2.24) is 10.2 Å². The Labute approximate surface area is 82.4 Å². The van der Waals surface area contributed by atoms with Gasteiger partial charge in [-0.05, 0) is 18.1 Å². The van der Waals surface area contributed by atoms with E-state index in [0.29, 0.717) is 5.92 Å². The molecule has 0 aliphatic carbocycles. The summed E-state index contributed by atoms with van der Waals surface area (Å²) in [6.45, 7) is 12.2. The zero-order valence-corrected chi connectivity index (χ0v) is 9.70. The average Bonchev–Trinajstić information content (AvgIpc) is 2.25. The second kappa shape index (κ2) is 11.1. The third kappa shape index (κ3) is 7.44. The molecule has 0 fully saturated rings. The Bertz CT molecular complexity index is 171. The lowest BCUT2D eigenvalue weighted by Crippen LogP contribution is -1.92. The van der Waals surface area contributed by atoms with E-state index in [4.69, 9.17) is 0 Å². The monoisotopic (exact) mass is 182 g/mol. The number of nitrogens with zero attached hydrogens (tertiary/aromatic N) is 2. The molecular weight excluding hydrogens is 160 g/mol. The number of hydrogen-bond donors (Lipinski definition) is 0. The maximum absolute atomic E-state index is 3.93. The zero-order chi connectivity index (χ0) is 10.7. The fraction of sp³-hybridized carbons (Fsp3) is 0.636. The zero-order valence-electron chi connectivity index (χ0n) is 9.70. The van der Waals surface area contributed by atoms with Crippen molar-refractivity contribution in [3.63, 3.8) is 0 Å². The maximum atomic E-state index is 3.93. The lowest BCUT2D eigenvalue weighted by atomic mass is 10.1. The van der Waals surface area contributed by atoms with Gasteiger partial charge in [-0.1, -0.05) is 41.5 Å². The third-order valence-electron chi connectivity index (χ3n) is 1.18. The molecule has 0 spiro atoms. The van der Waals surface area contributed by atoms with Gasteiger partial charge in [0.15, 0.2) is 0 Å². The van der Waals surface area contributed by atoms with E-state index in [0.717, 1.165) is 5.69 Å². The van der Waals surface area contributed by atoms with Gasteiger partial charge in [0.2, 0.25) is 0 Å². The molecule has 0 saturated heterocycles. The van der Waals surface area contributed by atoms with E-state index in [9.17, 15) is 0 Å². The van der Waals surface area contributed by atoms with Gasteiger partial charge >= 0.3 is 0 Å². The van der Waals surface area contributed by atoms with Crippen molar-refractivity contribution in [2.75, 3.05) is 0 Å². The molecule has 0 aliphatic rings. The number of hydrogen-bond acceptors (Lipinski definition) is 2. The summed E-state index contributed by atoms with van der Waals surface area (Å²) in [7, 11) is 0. The standard InChI is InChI=1S/C7H10N2.2C2H6/c1-6(2)7-4-3-5-8-9-7;2*1-2/h3-6H,1-2H3;2*1-2H3. The van der Waals surface area contributed by atoms with E-state index in [1.807, 2.05) is 39.8 Å². The van der Waals surface area contributed by atoms with Crippen LogP contribution in [0.15, 0.2) is 18.3 Å². The summed E-state index contributed by atoms with van der Waals surface area (Å²) in [6.07, 6.45) is 1.69. The Morgan fingerprint density at radius 2 is 1.62 bits per heavy atom. The summed E-state index contributed by atoms with van der Waals surface area (Å²) in [5.41, 5.74) is 1.05. The van der Waals surface area contributed by atoms with Crippen molar-refractivity contribution in [1.29, 1.82) is 0 Å². The van der Waals surface area contributed by atoms with Crippen LogP contribution in [-0.4, -0.2) is 10.2 Å². The molecule has 1 heterocycles. The SMILES string of the molecule is CC.CC.CC(C)c1cccnn1. The van der Waals surface area contributed by atoms with Crippen molar-refractivity contribution in [3.8, 4) is 0 Å². The first kappa shape index (κ1) is 14.6. The highest BCUT2D eigenvalue weighted by atomic mass is 15.1. The molecule has 0 saturated carbocycles. The summed E-state index contributed by atoms with van der Waals surface area (Å²) in [5, 5.41) is 7.68. The Hall–Kier alpha value is -0.920. The van der Waals surface area contributed by atoms with Crippen molar-refractivity contribution < 1.29 is 0 Å². The van der Waals surface area contributed by atoms with Gasteiger partial charge in [0.05, 0.1) is 5.69 Å². The molecule has 1 rings (SSSR count). The summed E-state index contributed by atoms with van der Waals surface area (Å²) < 4.78 is 0. The van der Waals surface area contributed by atoms with Crippen LogP contribution in [0.5, 0.6) is 0 Å². The molecule has 0 aromatic carbocycles. The van der Waals surface area contributed by atoms with Gasteiger partial charge in [-0.25, -0.2) is 0 Å². The van der Waals surface area contributed by atoms with Gasteiger partial charge < -0.3 is 0 Å². The molecule has 1 aromatic rings. The minimum Gasteiger partial charge on any atom is -0.159 e. The molecule has 0 bridgehead atoms. The molecule has 2 nitrogen and oxygen atoms in total. The lowest BCUT2D eigenvalue weighted by Gasteiger charge is -1.98. The quantitative estimate of drug-likeness (QED) is 0.662. The highest BCUT2D eigenvalue weighted by molar-refractivity contribution is 5.03. The Morgan fingerprint density at radius 3 is 1.85 bits per heavy atom. The van der Waals surface area contributed by atoms with Crippen LogP contribution >= 0.6 is 0 Å². The molecule has 13 heavy (non-hydrogen) atoms. The largest absolute Gasteiger partial charge is 0.159 e. The van der Waals surface area contributed by atoms with E-state index < -0.39 is 0 Å². The summed E-state index contributed by atoms with van der Waals surface area (Å²) in [6, 6.07) is 3.89. The van der Waals surface area contributed by atoms with Gasteiger partial charge in [0.1, 0.15) is 0 Å². The molecule has 0 atom stereocenters. The molecule has 2 heteroatoms. The molecule has 76 valence electrons. The minimum atomic E-state index is 0.485. The van der Waals surface area contributed by atoms with Crippen LogP contribution in [-0.2, 0) is 0 Å². The van der Waals surface area contributed by atoms with Crippen LogP contribution < -0.4 is 0 Å². The Morgan fingerprint density at radius 1 is 1.08 bits per heavy atom. The Balaban J connectivity index is 0. The summed E-state index contributed by atoms with van der Waals surface area (Å²) >= 11 is 0. The number of rotatable bonds is 1. The first-order valence-corrected chi connectivity index (χ1v) is 5.08. The fourth-order valence-corrected chi connectivity index (χ4v) is 0.621.